The van der Waals surface area contributed by atoms with E-state index in [9.17, 15) is 0 Å². The molecule has 1 aliphatic rings. The first-order chi connectivity index (χ1) is 6.77. The van der Waals surface area contributed by atoms with Crippen molar-refractivity contribution >= 4 is 26.7 Å². The molecule has 1 aliphatic carbocycles. The lowest BCUT2D eigenvalue weighted by Gasteiger charge is -2.06. The lowest BCUT2D eigenvalue weighted by molar-refractivity contribution is 0.795. The van der Waals surface area contributed by atoms with Gasteiger partial charge in [-0.05, 0) is 40.3 Å². The van der Waals surface area contributed by atoms with Crippen LogP contribution >= 0.6 is 15.9 Å². The molecular formula is C13H11Br. The molecule has 0 amide bonds. The summed E-state index contributed by atoms with van der Waals surface area (Å²) in [6.07, 6.45) is 1.19. The summed E-state index contributed by atoms with van der Waals surface area (Å²) in [6.45, 7) is 2.31. The van der Waals surface area contributed by atoms with Crippen LogP contribution in [0.25, 0.3) is 10.8 Å². The standard InChI is InChI=1S/C13H11Br/c1-8-7-10-4-2-3-9-5-6-11(14)12(8)13(9)10/h2-6,8H,7H2,1H3. The Balaban J connectivity index is 2.53. The number of hydrogen-bond acceptors (Lipinski definition) is 0. The van der Waals surface area contributed by atoms with Crippen molar-refractivity contribution in [3.8, 4) is 0 Å². The summed E-state index contributed by atoms with van der Waals surface area (Å²) in [7, 11) is 0. The smallest absolute Gasteiger partial charge is 0.0216 e. The molecule has 3 rings (SSSR count). The van der Waals surface area contributed by atoms with Crippen molar-refractivity contribution in [2.75, 3.05) is 0 Å². The molecule has 0 spiro atoms. The largest absolute Gasteiger partial charge is 0.0614 e. The summed E-state index contributed by atoms with van der Waals surface area (Å²) < 4.78 is 1.27. The molecule has 2 aromatic carbocycles. The van der Waals surface area contributed by atoms with Gasteiger partial charge >= 0.3 is 0 Å². The van der Waals surface area contributed by atoms with E-state index in [1.54, 1.807) is 0 Å². The maximum absolute atomic E-state index is 3.65. The van der Waals surface area contributed by atoms with Gasteiger partial charge in [-0.1, -0.05) is 47.1 Å². The van der Waals surface area contributed by atoms with Crippen LogP contribution < -0.4 is 0 Å². The summed E-state index contributed by atoms with van der Waals surface area (Å²) >= 11 is 3.65. The van der Waals surface area contributed by atoms with Crippen LogP contribution in [-0.4, -0.2) is 0 Å². The first kappa shape index (κ1) is 8.49. The second-order valence-corrected chi connectivity index (χ2v) is 4.94. The first-order valence-corrected chi connectivity index (χ1v) is 5.76. The molecule has 0 saturated carbocycles. The van der Waals surface area contributed by atoms with Crippen molar-refractivity contribution < 1.29 is 0 Å². The first-order valence-electron chi connectivity index (χ1n) is 4.97. The minimum absolute atomic E-state index is 0.658. The Morgan fingerprint density at radius 1 is 1.21 bits per heavy atom. The highest BCUT2D eigenvalue weighted by atomic mass is 79.9. The Labute approximate surface area is 92.1 Å². The Morgan fingerprint density at radius 3 is 2.93 bits per heavy atom. The lowest BCUT2D eigenvalue weighted by Crippen LogP contribution is -1.89. The van der Waals surface area contributed by atoms with Crippen molar-refractivity contribution in [3.05, 3.63) is 45.9 Å². The van der Waals surface area contributed by atoms with Gasteiger partial charge in [-0.25, -0.2) is 0 Å². The van der Waals surface area contributed by atoms with E-state index in [1.807, 2.05) is 0 Å². The third kappa shape index (κ3) is 0.992. The van der Waals surface area contributed by atoms with Crippen LogP contribution in [0.1, 0.15) is 24.0 Å². The molecule has 70 valence electrons. The van der Waals surface area contributed by atoms with Gasteiger partial charge in [-0.2, -0.15) is 0 Å². The lowest BCUT2D eigenvalue weighted by atomic mass is 10.0. The highest BCUT2D eigenvalue weighted by Crippen LogP contribution is 2.41. The minimum atomic E-state index is 0.658. The molecule has 0 bridgehead atoms. The van der Waals surface area contributed by atoms with Crippen LogP contribution in [0.4, 0.5) is 0 Å². The van der Waals surface area contributed by atoms with Gasteiger partial charge in [0.1, 0.15) is 0 Å². The van der Waals surface area contributed by atoms with Crippen molar-refractivity contribution in [1.29, 1.82) is 0 Å². The van der Waals surface area contributed by atoms with Gasteiger partial charge in [0.05, 0.1) is 0 Å². The summed E-state index contributed by atoms with van der Waals surface area (Å²) in [6, 6.07) is 11.0. The zero-order chi connectivity index (χ0) is 9.71. The minimum Gasteiger partial charge on any atom is -0.0614 e. The van der Waals surface area contributed by atoms with Gasteiger partial charge in [0, 0.05) is 4.47 Å². The molecule has 14 heavy (non-hydrogen) atoms. The van der Waals surface area contributed by atoms with Gasteiger partial charge in [-0.15, -0.1) is 0 Å². The summed E-state index contributed by atoms with van der Waals surface area (Å²) in [5.74, 6) is 0.658. The van der Waals surface area contributed by atoms with Crippen molar-refractivity contribution in [3.63, 3.8) is 0 Å². The molecule has 1 unspecified atom stereocenters. The summed E-state index contributed by atoms with van der Waals surface area (Å²) in [4.78, 5) is 0. The molecule has 0 N–H and O–H groups in total. The molecule has 0 saturated heterocycles. The zero-order valence-electron chi connectivity index (χ0n) is 8.05. The van der Waals surface area contributed by atoms with Gasteiger partial charge in [-0.3, -0.25) is 0 Å². The molecule has 0 heterocycles. The van der Waals surface area contributed by atoms with Gasteiger partial charge < -0.3 is 0 Å². The van der Waals surface area contributed by atoms with Crippen LogP contribution in [-0.2, 0) is 6.42 Å². The second-order valence-electron chi connectivity index (χ2n) is 4.08. The SMILES string of the molecule is CC1Cc2cccc3ccc(Br)c1c23. The Hall–Kier alpha value is -0.820. The molecular weight excluding hydrogens is 236 g/mol. The van der Waals surface area contributed by atoms with E-state index in [2.05, 4.69) is 53.2 Å². The fraction of sp³-hybridized carbons (Fsp3) is 0.231. The number of rotatable bonds is 0. The van der Waals surface area contributed by atoms with E-state index in [1.165, 1.54) is 32.8 Å². The Kier molecular flexibility index (Phi) is 1.72. The fourth-order valence-corrected chi connectivity index (χ4v) is 3.26. The molecule has 1 atom stereocenters. The van der Waals surface area contributed by atoms with Crippen LogP contribution in [0.5, 0.6) is 0 Å². The monoisotopic (exact) mass is 246 g/mol. The average Bonchev–Trinajstić information content (AvgIpc) is 2.51. The maximum Gasteiger partial charge on any atom is 0.0216 e. The molecule has 0 radical (unpaired) electrons. The topological polar surface area (TPSA) is 0 Å². The van der Waals surface area contributed by atoms with Crippen LogP contribution in [0.3, 0.4) is 0 Å². The quantitative estimate of drug-likeness (QED) is 0.652. The van der Waals surface area contributed by atoms with Crippen molar-refractivity contribution in [2.24, 2.45) is 0 Å². The molecule has 0 fully saturated rings. The Morgan fingerprint density at radius 2 is 2.07 bits per heavy atom. The second kappa shape index (κ2) is 2.83. The third-order valence-corrected chi connectivity index (χ3v) is 3.83. The van der Waals surface area contributed by atoms with Crippen LogP contribution in [0.15, 0.2) is 34.8 Å². The van der Waals surface area contributed by atoms with E-state index in [4.69, 9.17) is 0 Å². The van der Waals surface area contributed by atoms with Gasteiger partial charge in [0.25, 0.3) is 0 Å². The van der Waals surface area contributed by atoms with E-state index < -0.39 is 0 Å². The molecule has 2 aromatic rings. The van der Waals surface area contributed by atoms with E-state index in [0.717, 1.165) is 0 Å². The van der Waals surface area contributed by atoms with E-state index in [-0.39, 0.29) is 0 Å². The van der Waals surface area contributed by atoms with E-state index in [0.29, 0.717) is 5.92 Å². The predicted octanol–water partition coefficient (Wildman–Crippen LogP) is 4.26. The molecule has 1 heteroatoms. The van der Waals surface area contributed by atoms with Crippen LogP contribution in [0.2, 0.25) is 0 Å². The Bertz CT molecular complexity index is 514. The van der Waals surface area contributed by atoms with Crippen LogP contribution in [0, 0.1) is 0 Å². The normalized spacial score (nSPS) is 19.1. The molecule has 0 nitrogen and oxygen atoms in total. The highest BCUT2D eigenvalue weighted by molar-refractivity contribution is 9.10. The van der Waals surface area contributed by atoms with E-state index >= 15 is 0 Å². The number of hydrogen-bond donors (Lipinski definition) is 0. The predicted molar refractivity (Wildman–Crippen MR) is 63.8 cm³/mol. The third-order valence-electron chi connectivity index (χ3n) is 3.14. The van der Waals surface area contributed by atoms with Gasteiger partial charge in [0.15, 0.2) is 0 Å². The fourth-order valence-electron chi connectivity index (χ4n) is 2.54. The number of benzene rings is 2. The summed E-state index contributed by atoms with van der Waals surface area (Å²) in [5, 5.41) is 2.86. The van der Waals surface area contributed by atoms with Gasteiger partial charge in [0.2, 0.25) is 0 Å². The maximum atomic E-state index is 3.65. The summed E-state index contributed by atoms with van der Waals surface area (Å²) in [5.41, 5.74) is 3.00. The van der Waals surface area contributed by atoms with Crippen molar-refractivity contribution in [1.82, 2.24) is 0 Å². The average molecular weight is 247 g/mol. The van der Waals surface area contributed by atoms with Crippen molar-refractivity contribution in [2.45, 2.75) is 19.3 Å². The molecule has 0 aromatic heterocycles. The number of halogens is 1. The highest BCUT2D eigenvalue weighted by Gasteiger charge is 2.22. The molecule has 0 aliphatic heterocycles. The zero-order valence-corrected chi connectivity index (χ0v) is 9.64.